The molecule has 2 N–H and O–H groups in total. The molecule has 2 aromatic carbocycles. The summed E-state index contributed by atoms with van der Waals surface area (Å²) in [5, 5.41) is 8.69. The lowest BCUT2D eigenvalue weighted by Crippen LogP contribution is -2.29. The Balaban J connectivity index is 1.08. The number of halogens is 1. The first-order valence-electron chi connectivity index (χ1n) is 16.5. The number of aromatic nitrogens is 5. The van der Waals surface area contributed by atoms with Gasteiger partial charge in [0.2, 0.25) is 0 Å². The highest BCUT2D eigenvalue weighted by Crippen LogP contribution is 2.35. The molecule has 4 aromatic heterocycles. The van der Waals surface area contributed by atoms with Crippen LogP contribution in [-0.2, 0) is 6.54 Å². The van der Waals surface area contributed by atoms with Crippen LogP contribution in [-0.4, -0.2) is 74.3 Å². The smallest absolute Gasteiger partial charge is 0.135 e. The van der Waals surface area contributed by atoms with E-state index in [-0.39, 0.29) is 5.82 Å². The van der Waals surface area contributed by atoms with Gasteiger partial charge < -0.3 is 9.72 Å². The molecule has 8 nitrogen and oxygen atoms in total. The van der Waals surface area contributed by atoms with Crippen LogP contribution in [0.15, 0.2) is 72.9 Å². The zero-order chi connectivity index (χ0) is 30.9. The molecule has 0 unspecified atom stereocenters. The number of hydrogen-bond acceptors (Lipinski definition) is 6. The van der Waals surface area contributed by atoms with Gasteiger partial charge in [0.25, 0.3) is 0 Å². The van der Waals surface area contributed by atoms with E-state index in [2.05, 4.69) is 54.2 Å². The van der Waals surface area contributed by atoms with Crippen molar-refractivity contribution in [2.45, 2.75) is 38.6 Å². The number of ether oxygens (including phenoxy) is 1. The molecule has 2 fully saturated rings. The maximum absolute atomic E-state index is 14.8. The number of benzene rings is 2. The fourth-order valence-corrected chi connectivity index (χ4v) is 6.95. The molecule has 0 aliphatic carbocycles. The number of nitrogens with one attached hydrogen (secondary N) is 2. The molecule has 2 saturated heterocycles. The minimum absolute atomic E-state index is 0.349. The topological polar surface area (TPSA) is 86.0 Å². The second kappa shape index (κ2) is 12.7. The van der Waals surface area contributed by atoms with Crippen LogP contribution in [0.1, 0.15) is 37.7 Å². The van der Waals surface area contributed by atoms with E-state index in [0.717, 1.165) is 70.8 Å². The lowest BCUT2D eigenvalue weighted by atomic mass is 10.1. The van der Waals surface area contributed by atoms with Crippen LogP contribution in [0.4, 0.5) is 4.39 Å². The minimum Gasteiger partial charge on any atom is -0.492 e. The van der Waals surface area contributed by atoms with Crippen LogP contribution >= 0.6 is 0 Å². The third-order valence-corrected chi connectivity index (χ3v) is 9.31. The summed E-state index contributed by atoms with van der Waals surface area (Å²) in [5.74, 6) is 0.164. The second-order valence-corrected chi connectivity index (χ2v) is 12.6. The molecular weight excluding hydrogens is 577 g/mol. The fraction of sp³-hybridized carbons (Fsp3) is 0.324. The highest BCUT2D eigenvalue weighted by molar-refractivity contribution is 5.99. The maximum atomic E-state index is 14.8. The Bertz CT molecular complexity index is 1990. The average molecular weight is 616 g/mol. The molecule has 0 spiro atoms. The van der Waals surface area contributed by atoms with Crippen molar-refractivity contribution in [3.63, 3.8) is 0 Å². The maximum Gasteiger partial charge on any atom is 0.135 e. The Morgan fingerprint density at radius 3 is 2.52 bits per heavy atom. The zero-order valence-electron chi connectivity index (χ0n) is 25.9. The number of rotatable bonds is 9. The van der Waals surface area contributed by atoms with Gasteiger partial charge in [0.05, 0.1) is 22.6 Å². The van der Waals surface area contributed by atoms with E-state index in [1.54, 1.807) is 6.20 Å². The molecule has 0 atom stereocenters. The van der Waals surface area contributed by atoms with Crippen LogP contribution in [0, 0.1) is 5.82 Å². The Labute approximate surface area is 267 Å². The van der Waals surface area contributed by atoms with Crippen molar-refractivity contribution < 1.29 is 9.13 Å². The SMILES string of the molecule is Fc1cc(OCCN2CCCC2)cc(-c2nccc3[nH]c(-c4n[nH]c5ccc(-c6cccc(CN7CCCCC7)c6)nc45)cc23)c1. The zero-order valence-corrected chi connectivity index (χ0v) is 25.9. The summed E-state index contributed by atoms with van der Waals surface area (Å²) >= 11 is 0. The first kappa shape index (κ1) is 28.8. The Hall–Kier alpha value is -4.60. The summed E-state index contributed by atoms with van der Waals surface area (Å²) in [6.45, 7) is 6.89. The van der Waals surface area contributed by atoms with Gasteiger partial charge in [-0.2, -0.15) is 5.10 Å². The molecule has 6 heterocycles. The summed E-state index contributed by atoms with van der Waals surface area (Å²) in [6.07, 6.45) is 8.10. The Morgan fingerprint density at radius 2 is 1.63 bits per heavy atom. The van der Waals surface area contributed by atoms with E-state index in [1.165, 1.54) is 62.9 Å². The normalized spacial score (nSPS) is 16.1. The third kappa shape index (κ3) is 6.00. The van der Waals surface area contributed by atoms with E-state index in [1.807, 2.05) is 30.3 Å². The molecule has 234 valence electrons. The van der Waals surface area contributed by atoms with Gasteiger partial charge in [-0.05, 0) is 99.9 Å². The average Bonchev–Trinajstić information content (AvgIpc) is 3.85. The van der Waals surface area contributed by atoms with Gasteiger partial charge >= 0.3 is 0 Å². The summed E-state index contributed by atoms with van der Waals surface area (Å²) < 4.78 is 20.8. The van der Waals surface area contributed by atoms with Gasteiger partial charge in [-0.15, -0.1) is 0 Å². The Morgan fingerprint density at radius 1 is 0.783 bits per heavy atom. The van der Waals surface area contributed by atoms with E-state index < -0.39 is 0 Å². The van der Waals surface area contributed by atoms with Gasteiger partial charge in [0, 0.05) is 47.4 Å². The monoisotopic (exact) mass is 615 g/mol. The van der Waals surface area contributed by atoms with Crippen molar-refractivity contribution in [3.8, 4) is 39.7 Å². The predicted octanol–water partition coefficient (Wildman–Crippen LogP) is 7.43. The fourth-order valence-electron chi connectivity index (χ4n) is 6.95. The van der Waals surface area contributed by atoms with Crippen molar-refractivity contribution in [2.75, 3.05) is 39.3 Å². The molecule has 2 aliphatic rings. The molecule has 0 radical (unpaired) electrons. The molecular formula is C37H38FN7O. The van der Waals surface area contributed by atoms with Crippen molar-refractivity contribution in [1.82, 2.24) is 34.9 Å². The van der Waals surface area contributed by atoms with Gasteiger partial charge in [-0.3, -0.25) is 19.9 Å². The summed E-state index contributed by atoms with van der Waals surface area (Å²) in [6, 6.07) is 21.6. The van der Waals surface area contributed by atoms with Gasteiger partial charge in [-0.25, -0.2) is 9.37 Å². The molecule has 0 amide bonds. The number of aromatic amines is 2. The van der Waals surface area contributed by atoms with Crippen LogP contribution in [0.2, 0.25) is 0 Å². The highest BCUT2D eigenvalue weighted by Gasteiger charge is 2.18. The quantitative estimate of drug-likeness (QED) is 0.176. The van der Waals surface area contributed by atoms with Gasteiger partial charge in [-0.1, -0.05) is 24.6 Å². The number of H-pyrrole nitrogens is 2. The highest BCUT2D eigenvalue weighted by atomic mass is 19.1. The number of nitrogens with zero attached hydrogens (tertiary/aromatic N) is 5. The molecule has 0 saturated carbocycles. The number of likely N-dealkylation sites (tertiary alicyclic amines) is 2. The molecule has 2 aliphatic heterocycles. The van der Waals surface area contributed by atoms with Gasteiger partial charge in [0.15, 0.2) is 0 Å². The number of piperidine rings is 1. The summed E-state index contributed by atoms with van der Waals surface area (Å²) in [7, 11) is 0. The lowest BCUT2D eigenvalue weighted by Gasteiger charge is -2.26. The van der Waals surface area contributed by atoms with Crippen LogP contribution in [0.5, 0.6) is 5.75 Å². The second-order valence-electron chi connectivity index (χ2n) is 12.6. The molecule has 8 rings (SSSR count). The number of fused-ring (bicyclic) bond motifs is 2. The van der Waals surface area contributed by atoms with Gasteiger partial charge in [0.1, 0.15) is 29.4 Å². The first-order valence-corrected chi connectivity index (χ1v) is 16.5. The van der Waals surface area contributed by atoms with Crippen molar-refractivity contribution in [3.05, 3.63) is 84.3 Å². The lowest BCUT2D eigenvalue weighted by molar-refractivity contribution is 0.221. The predicted molar refractivity (Wildman–Crippen MR) is 180 cm³/mol. The van der Waals surface area contributed by atoms with E-state index in [4.69, 9.17) is 9.72 Å². The van der Waals surface area contributed by atoms with Crippen molar-refractivity contribution in [1.29, 1.82) is 0 Å². The van der Waals surface area contributed by atoms with Crippen molar-refractivity contribution in [2.24, 2.45) is 0 Å². The third-order valence-electron chi connectivity index (χ3n) is 9.31. The van der Waals surface area contributed by atoms with Crippen LogP contribution in [0.3, 0.4) is 0 Å². The number of hydrogen-bond donors (Lipinski definition) is 2. The molecule has 0 bridgehead atoms. The first-order chi connectivity index (χ1) is 22.7. The summed E-state index contributed by atoms with van der Waals surface area (Å²) in [5.41, 5.74) is 8.75. The minimum atomic E-state index is -0.349. The largest absolute Gasteiger partial charge is 0.492 e. The van der Waals surface area contributed by atoms with Crippen molar-refractivity contribution >= 4 is 21.9 Å². The van der Waals surface area contributed by atoms with E-state index in [9.17, 15) is 4.39 Å². The van der Waals surface area contributed by atoms with Crippen LogP contribution < -0.4 is 4.74 Å². The summed E-state index contributed by atoms with van der Waals surface area (Å²) in [4.78, 5) is 18.2. The molecule has 46 heavy (non-hydrogen) atoms. The standard InChI is InChI=1S/C37H38FN7O/c38-28-20-27(21-29(22-28)46-18-17-44-13-4-5-14-44)35-30-23-34(40-32(30)11-12-39-35)37-36-33(42-43-37)10-9-31(41-36)26-8-6-7-25(19-26)24-45-15-2-1-3-16-45/h6-12,19-23,40H,1-5,13-18,24H2,(H,42,43). The number of pyridine rings is 2. The Kier molecular flexibility index (Phi) is 7.93. The van der Waals surface area contributed by atoms with E-state index in [0.29, 0.717) is 23.6 Å². The molecule has 9 heteroatoms. The van der Waals surface area contributed by atoms with Crippen LogP contribution in [0.25, 0.3) is 55.8 Å². The van der Waals surface area contributed by atoms with E-state index >= 15 is 0 Å². The molecule has 6 aromatic rings.